The molecule has 0 spiro atoms. The summed E-state index contributed by atoms with van der Waals surface area (Å²) in [5, 5.41) is 16.1. The van der Waals surface area contributed by atoms with Crippen LogP contribution in [-0.4, -0.2) is 36.6 Å². The van der Waals surface area contributed by atoms with Gasteiger partial charge in [0.1, 0.15) is 0 Å². The summed E-state index contributed by atoms with van der Waals surface area (Å²) in [5.41, 5.74) is 0. The van der Waals surface area contributed by atoms with Gasteiger partial charge in [0.15, 0.2) is 0 Å². The molecule has 0 atom stereocenters. The predicted molar refractivity (Wildman–Crippen MR) is 79.8 cm³/mol. The van der Waals surface area contributed by atoms with Crippen LogP contribution in [0.2, 0.25) is 0 Å². The van der Waals surface area contributed by atoms with Gasteiger partial charge in [-0.3, -0.25) is 9.59 Å². The van der Waals surface area contributed by atoms with E-state index in [-0.39, 0.29) is 18.4 Å². The molecule has 0 bridgehead atoms. The Hall–Kier alpha value is -1.40. The second-order valence-corrected chi connectivity index (χ2v) is 5.42. The number of hydrogen-bond acceptors (Lipinski definition) is 4. The molecule has 2 amide bonds. The number of amides is 2. The van der Waals surface area contributed by atoms with E-state index < -0.39 is 0 Å². The molecule has 6 heteroatoms. The third kappa shape index (κ3) is 7.25. The molecule has 0 aliphatic heterocycles. The molecular weight excluding hydrogens is 276 g/mol. The maximum Gasteiger partial charge on any atom is 0.261 e. The Labute approximate surface area is 123 Å². The number of aliphatic hydroxyl groups excluding tert-OH is 1. The van der Waals surface area contributed by atoms with E-state index in [1.54, 1.807) is 6.07 Å². The minimum Gasteiger partial charge on any atom is -0.396 e. The Balaban J connectivity index is 1.98. The van der Waals surface area contributed by atoms with E-state index >= 15 is 0 Å². The highest BCUT2D eigenvalue weighted by atomic mass is 32.1. The van der Waals surface area contributed by atoms with Crippen molar-refractivity contribution in [2.75, 3.05) is 19.7 Å². The molecule has 112 valence electrons. The van der Waals surface area contributed by atoms with E-state index in [0.717, 1.165) is 19.3 Å². The van der Waals surface area contributed by atoms with Gasteiger partial charge in [-0.15, -0.1) is 11.3 Å². The number of thiophene rings is 1. The molecule has 0 aromatic carbocycles. The molecule has 0 saturated carbocycles. The summed E-state index contributed by atoms with van der Waals surface area (Å²) >= 11 is 1.40. The molecule has 0 unspecified atom stereocenters. The van der Waals surface area contributed by atoms with Crippen LogP contribution in [0.1, 0.15) is 41.8 Å². The lowest BCUT2D eigenvalue weighted by atomic mass is 10.2. The normalized spacial score (nSPS) is 10.2. The van der Waals surface area contributed by atoms with Crippen LogP contribution in [-0.2, 0) is 4.79 Å². The van der Waals surface area contributed by atoms with Gasteiger partial charge in [-0.05, 0) is 37.1 Å². The summed E-state index contributed by atoms with van der Waals surface area (Å²) < 4.78 is 0. The van der Waals surface area contributed by atoms with Crippen molar-refractivity contribution in [1.82, 2.24) is 10.6 Å². The fourth-order valence-corrected chi connectivity index (χ4v) is 2.32. The first kappa shape index (κ1) is 16.7. The lowest BCUT2D eigenvalue weighted by Crippen LogP contribution is -2.27. The molecular formula is C14H22N2O3S. The molecule has 1 rings (SSSR count). The average molecular weight is 298 g/mol. The van der Waals surface area contributed by atoms with Crippen molar-refractivity contribution in [2.24, 2.45) is 0 Å². The van der Waals surface area contributed by atoms with Crippen LogP contribution in [0, 0.1) is 0 Å². The van der Waals surface area contributed by atoms with E-state index in [4.69, 9.17) is 5.11 Å². The van der Waals surface area contributed by atoms with Crippen LogP contribution < -0.4 is 10.6 Å². The summed E-state index contributed by atoms with van der Waals surface area (Å²) in [4.78, 5) is 23.8. The monoisotopic (exact) mass is 298 g/mol. The number of carbonyl (C=O) groups is 2. The highest BCUT2D eigenvalue weighted by Crippen LogP contribution is 2.07. The van der Waals surface area contributed by atoms with Crippen LogP contribution in [0.5, 0.6) is 0 Å². The molecule has 0 aliphatic rings. The first-order chi connectivity index (χ1) is 9.74. The molecule has 1 aromatic rings. The molecule has 3 N–H and O–H groups in total. The van der Waals surface area contributed by atoms with Crippen LogP contribution in [0.25, 0.3) is 0 Å². The summed E-state index contributed by atoms with van der Waals surface area (Å²) in [7, 11) is 0. The van der Waals surface area contributed by atoms with E-state index in [0.29, 0.717) is 30.8 Å². The SMILES string of the molecule is O=C(CCCNC(=O)c1cccs1)NCCCCCO. The van der Waals surface area contributed by atoms with Gasteiger partial charge in [0.2, 0.25) is 5.91 Å². The summed E-state index contributed by atoms with van der Waals surface area (Å²) in [6.07, 6.45) is 3.66. The Kier molecular flexibility index (Phi) is 8.66. The summed E-state index contributed by atoms with van der Waals surface area (Å²) in [6.45, 7) is 1.37. The maximum atomic E-state index is 11.6. The first-order valence-corrected chi connectivity index (χ1v) is 7.81. The minimum atomic E-state index is -0.0792. The van der Waals surface area contributed by atoms with Crippen LogP contribution in [0.4, 0.5) is 0 Å². The summed E-state index contributed by atoms with van der Waals surface area (Å²) in [6, 6.07) is 3.61. The first-order valence-electron chi connectivity index (χ1n) is 6.93. The number of unbranched alkanes of at least 4 members (excludes halogenated alkanes) is 2. The highest BCUT2D eigenvalue weighted by molar-refractivity contribution is 7.12. The number of nitrogens with one attached hydrogen (secondary N) is 2. The molecule has 5 nitrogen and oxygen atoms in total. The van der Waals surface area contributed by atoms with Crippen LogP contribution in [0.3, 0.4) is 0 Å². The quantitative estimate of drug-likeness (QED) is 0.573. The largest absolute Gasteiger partial charge is 0.396 e. The second-order valence-electron chi connectivity index (χ2n) is 4.47. The smallest absolute Gasteiger partial charge is 0.261 e. The lowest BCUT2D eigenvalue weighted by Gasteiger charge is -2.05. The van der Waals surface area contributed by atoms with Crippen LogP contribution in [0.15, 0.2) is 17.5 Å². The van der Waals surface area contributed by atoms with Crippen molar-refractivity contribution < 1.29 is 14.7 Å². The second kappa shape index (κ2) is 10.4. The fraction of sp³-hybridized carbons (Fsp3) is 0.571. The molecule has 1 heterocycles. The van der Waals surface area contributed by atoms with Crippen molar-refractivity contribution in [3.63, 3.8) is 0 Å². The number of hydrogen-bond donors (Lipinski definition) is 3. The van der Waals surface area contributed by atoms with E-state index in [2.05, 4.69) is 10.6 Å². The van der Waals surface area contributed by atoms with Gasteiger partial charge in [-0.1, -0.05) is 6.07 Å². The zero-order chi connectivity index (χ0) is 14.6. The zero-order valence-electron chi connectivity index (χ0n) is 11.6. The number of rotatable bonds is 10. The molecule has 0 aliphatic carbocycles. The number of aliphatic hydroxyl groups is 1. The van der Waals surface area contributed by atoms with Crippen molar-refractivity contribution in [3.8, 4) is 0 Å². The van der Waals surface area contributed by atoms with Crippen molar-refractivity contribution >= 4 is 23.2 Å². The topological polar surface area (TPSA) is 78.4 Å². The predicted octanol–water partition coefficient (Wildman–Crippen LogP) is 1.54. The number of carbonyl (C=O) groups excluding carboxylic acids is 2. The van der Waals surface area contributed by atoms with Gasteiger partial charge in [-0.25, -0.2) is 0 Å². The molecule has 0 fully saturated rings. The zero-order valence-corrected chi connectivity index (χ0v) is 12.4. The Morgan fingerprint density at radius 2 is 1.90 bits per heavy atom. The Morgan fingerprint density at radius 1 is 1.10 bits per heavy atom. The van der Waals surface area contributed by atoms with Gasteiger partial charge < -0.3 is 15.7 Å². The minimum absolute atomic E-state index is 0.0133. The third-order valence-electron chi connectivity index (χ3n) is 2.77. The Morgan fingerprint density at radius 3 is 2.60 bits per heavy atom. The van der Waals surface area contributed by atoms with Gasteiger partial charge >= 0.3 is 0 Å². The molecule has 0 saturated heterocycles. The standard InChI is InChI=1S/C14H22N2O3S/c17-10-3-1-2-8-15-13(18)7-4-9-16-14(19)12-6-5-11-20-12/h5-6,11,17H,1-4,7-10H2,(H,15,18)(H,16,19). The maximum absolute atomic E-state index is 11.6. The van der Waals surface area contributed by atoms with Crippen molar-refractivity contribution in [2.45, 2.75) is 32.1 Å². The van der Waals surface area contributed by atoms with Gasteiger partial charge in [0.05, 0.1) is 4.88 Å². The van der Waals surface area contributed by atoms with E-state index in [1.807, 2.05) is 11.4 Å². The summed E-state index contributed by atoms with van der Waals surface area (Å²) in [5.74, 6) is -0.0659. The third-order valence-corrected chi connectivity index (χ3v) is 3.64. The van der Waals surface area contributed by atoms with Gasteiger partial charge in [0.25, 0.3) is 5.91 Å². The lowest BCUT2D eigenvalue weighted by molar-refractivity contribution is -0.121. The van der Waals surface area contributed by atoms with Crippen molar-refractivity contribution in [3.05, 3.63) is 22.4 Å². The fourth-order valence-electron chi connectivity index (χ4n) is 1.68. The highest BCUT2D eigenvalue weighted by Gasteiger charge is 2.05. The molecule has 0 radical (unpaired) electrons. The van der Waals surface area contributed by atoms with Crippen molar-refractivity contribution in [1.29, 1.82) is 0 Å². The molecule has 1 aromatic heterocycles. The van der Waals surface area contributed by atoms with Crippen LogP contribution >= 0.6 is 11.3 Å². The van der Waals surface area contributed by atoms with E-state index in [9.17, 15) is 9.59 Å². The van der Waals surface area contributed by atoms with Gasteiger partial charge in [0, 0.05) is 26.1 Å². The molecule has 20 heavy (non-hydrogen) atoms. The average Bonchev–Trinajstić information content (AvgIpc) is 2.97. The van der Waals surface area contributed by atoms with Gasteiger partial charge in [-0.2, -0.15) is 0 Å². The Bertz CT molecular complexity index is 393. The van der Waals surface area contributed by atoms with E-state index in [1.165, 1.54) is 11.3 Å².